The van der Waals surface area contributed by atoms with E-state index in [4.69, 9.17) is 4.74 Å². The molecular formula is C13H15BF3KN2O. The molecule has 0 radical (unpaired) electrons. The largest absolute Gasteiger partial charge is 1.00 e. The molecule has 8 heteroatoms. The molecule has 0 aliphatic carbocycles. The molecule has 108 valence electrons. The van der Waals surface area contributed by atoms with Gasteiger partial charge in [0.25, 0.3) is 0 Å². The number of ether oxygens (including phenoxy) is 1. The van der Waals surface area contributed by atoms with Crippen LogP contribution in [-0.4, -0.2) is 23.1 Å². The molecule has 0 aliphatic rings. The maximum Gasteiger partial charge on any atom is 1.00 e. The van der Waals surface area contributed by atoms with Crippen molar-refractivity contribution in [2.75, 3.05) is 6.61 Å². The van der Waals surface area contributed by atoms with Crippen molar-refractivity contribution in [2.45, 2.75) is 13.3 Å². The van der Waals surface area contributed by atoms with E-state index in [1.807, 2.05) is 17.8 Å². The average Bonchev–Trinajstić information content (AvgIpc) is 2.76. The van der Waals surface area contributed by atoms with E-state index in [9.17, 15) is 12.9 Å². The summed E-state index contributed by atoms with van der Waals surface area (Å²) in [6.45, 7) is -2.97. The van der Waals surface area contributed by atoms with Crippen molar-refractivity contribution in [1.29, 1.82) is 0 Å². The van der Waals surface area contributed by atoms with E-state index >= 15 is 0 Å². The molecule has 1 heterocycles. The third-order valence-corrected chi connectivity index (χ3v) is 3.08. The minimum absolute atomic E-state index is 0. The Hall–Kier alpha value is -0.279. The van der Waals surface area contributed by atoms with Crippen LogP contribution in [0.1, 0.15) is 11.4 Å². The van der Waals surface area contributed by atoms with Crippen LogP contribution in [0, 0.1) is 6.92 Å². The smallest absolute Gasteiger partial charge is 0.493 e. The van der Waals surface area contributed by atoms with Gasteiger partial charge in [-0.15, -0.1) is 5.46 Å². The van der Waals surface area contributed by atoms with Crippen LogP contribution in [0.3, 0.4) is 0 Å². The quantitative estimate of drug-likeness (QED) is 0.688. The summed E-state index contributed by atoms with van der Waals surface area (Å²) < 4.78 is 45.2. The molecular weight excluding hydrogens is 307 g/mol. The topological polar surface area (TPSA) is 27.1 Å². The van der Waals surface area contributed by atoms with Crippen molar-refractivity contribution in [3.63, 3.8) is 0 Å². The van der Waals surface area contributed by atoms with Gasteiger partial charge in [0.05, 0.1) is 6.61 Å². The second kappa shape index (κ2) is 7.82. The van der Waals surface area contributed by atoms with Crippen LogP contribution in [0.2, 0.25) is 0 Å². The van der Waals surface area contributed by atoms with Gasteiger partial charge in [-0.3, -0.25) is 0 Å². The monoisotopic (exact) mass is 322 g/mol. The summed E-state index contributed by atoms with van der Waals surface area (Å²) in [5.41, 5.74) is -0.111. The minimum Gasteiger partial charge on any atom is -0.493 e. The van der Waals surface area contributed by atoms with E-state index in [0.717, 1.165) is 18.0 Å². The number of hydrogen-bond donors (Lipinski definition) is 0. The van der Waals surface area contributed by atoms with Crippen molar-refractivity contribution < 1.29 is 69.1 Å². The zero-order chi connectivity index (χ0) is 14.8. The predicted octanol–water partition coefficient (Wildman–Crippen LogP) is -0.592. The molecule has 0 N–H and O–H groups in total. The summed E-state index contributed by atoms with van der Waals surface area (Å²) in [5, 5.41) is 0. The Labute approximate surface area is 164 Å². The summed E-state index contributed by atoms with van der Waals surface area (Å²) in [7, 11) is 1.88. The van der Waals surface area contributed by atoms with Crippen LogP contribution in [0.4, 0.5) is 12.9 Å². The Morgan fingerprint density at radius 2 is 2.00 bits per heavy atom. The summed E-state index contributed by atoms with van der Waals surface area (Å²) in [5.74, 6) is 1.35. The van der Waals surface area contributed by atoms with Gasteiger partial charge in [0, 0.05) is 25.9 Å². The van der Waals surface area contributed by atoms with Gasteiger partial charge in [0.1, 0.15) is 11.6 Å². The van der Waals surface area contributed by atoms with Gasteiger partial charge in [0.2, 0.25) is 0 Å². The fraction of sp³-hybridized carbons (Fsp3) is 0.308. The summed E-state index contributed by atoms with van der Waals surface area (Å²) in [6.07, 6.45) is 4.13. The Kier molecular flexibility index (Phi) is 6.99. The van der Waals surface area contributed by atoms with E-state index in [0.29, 0.717) is 24.3 Å². The molecule has 0 bridgehead atoms. The second-order valence-electron chi connectivity index (χ2n) is 4.65. The first-order valence-electron chi connectivity index (χ1n) is 6.27. The van der Waals surface area contributed by atoms with Crippen molar-refractivity contribution >= 4 is 12.4 Å². The van der Waals surface area contributed by atoms with E-state index < -0.39 is 12.4 Å². The van der Waals surface area contributed by atoms with Crippen LogP contribution in [0.25, 0.3) is 0 Å². The third kappa shape index (κ3) is 5.14. The molecule has 21 heavy (non-hydrogen) atoms. The Morgan fingerprint density at radius 1 is 1.29 bits per heavy atom. The van der Waals surface area contributed by atoms with Crippen LogP contribution in [0.5, 0.6) is 5.75 Å². The first-order valence-corrected chi connectivity index (χ1v) is 6.27. The predicted molar refractivity (Wildman–Crippen MR) is 72.3 cm³/mol. The van der Waals surface area contributed by atoms with Crippen LogP contribution in [-0.2, 0) is 13.5 Å². The van der Waals surface area contributed by atoms with Crippen molar-refractivity contribution in [1.82, 2.24) is 9.55 Å². The van der Waals surface area contributed by atoms with Crippen molar-refractivity contribution in [3.8, 4) is 5.75 Å². The minimum atomic E-state index is -4.96. The molecule has 0 unspecified atom stereocenters. The first-order chi connectivity index (χ1) is 9.38. The van der Waals surface area contributed by atoms with Gasteiger partial charge in [-0.25, -0.2) is 4.98 Å². The molecule has 0 amide bonds. The van der Waals surface area contributed by atoms with Gasteiger partial charge >= 0.3 is 58.4 Å². The number of benzene rings is 1. The Bertz CT molecular complexity index is 601. The molecule has 2 aromatic rings. The number of rotatable bonds is 5. The normalized spacial score (nSPS) is 11.1. The molecule has 0 saturated heterocycles. The summed E-state index contributed by atoms with van der Waals surface area (Å²) >= 11 is 0. The zero-order valence-electron chi connectivity index (χ0n) is 12.3. The number of aromatic nitrogens is 2. The number of nitrogens with zero attached hydrogens (tertiary/aromatic N) is 2. The van der Waals surface area contributed by atoms with Crippen LogP contribution >= 0.6 is 0 Å². The van der Waals surface area contributed by atoms with E-state index in [-0.39, 0.29) is 51.4 Å². The fourth-order valence-corrected chi connectivity index (χ4v) is 1.93. The number of hydrogen-bond acceptors (Lipinski definition) is 2. The third-order valence-electron chi connectivity index (χ3n) is 3.08. The SMILES string of the molecule is Cc1cc([B-](F)(F)F)ccc1OCCc1nccn1C.[K+]. The molecule has 0 fully saturated rings. The Balaban J connectivity index is 0.00000220. The number of imidazole rings is 1. The van der Waals surface area contributed by atoms with Crippen LogP contribution in [0.15, 0.2) is 30.6 Å². The molecule has 1 aromatic carbocycles. The van der Waals surface area contributed by atoms with Crippen molar-refractivity contribution in [3.05, 3.63) is 42.0 Å². The molecule has 0 atom stereocenters. The summed E-state index contributed by atoms with van der Waals surface area (Å²) in [6, 6.07) is 3.55. The number of halogens is 3. The van der Waals surface area contributed by atoms with Gasteiger partial charge < -0.3 is 22.3 Å². The van der Waals surface area contributed by atoms with Gasteiger partial charge in [0.15, 0.2) is 0 Å². The zero-order valence-corrected chi connectivity index (χ0v) is 15.4. The van der Waals surface area contributed by atoms with Gasteiger partial charge in [-0.05, 0) is 18.6 Å². The maximum absolute atomic E-state index is 12.6. The van der Waals surface area contributed by atoms with E-state index in [1.54, 1.807) is 13.1 Å². The molecule has 0 aliphatic heterocycles. The average molecular weight is 322 g/mol. The number of aryl methyl sites for hydroxylation is 2. The van der Waals surface area contributed by atoms with Crippen molar-refractivity contribution in [2.24, 2.45) is 7.05 Å². The fourth-order valence-electron chi connectivity index (χ4n) is 1.93. The maximum atomic E-state index is 12.6. The van der Waals surface area contributed by atoms with Gasteiger partial charge in [-0.1, -0.05) is 12.1 Å². The van der Waals surface area contributed by atoms with Crippen LogP contribution < -0.4 is 61.6 Å². The molecule has 1 aromatic heterocycles. The van der Waals surface area contributed by atoms with E-state index in [1.165, 1.54) is 6.07 Å². The first kappa shape index (κ1) is 18.8. The summed E-state index contributed by atoms with van der Waals surface area (Å²) in [4.78, 5) is 4.15. The second-order valence-corrected chi connectivity index (χ2v) is 4.65. The molecule has 3 nitrogen and oxygen atoms in total. The molecule has 0 spiro atoms. The molecule has 2 rings (SSSR count). The molecule has 0 saturated carbocycles. The standard InChI is InChI=1S/C13H15BF3N2O.K/c1-10-9-11(14(15,16)17)3-4-12(10)20-8-5-13-18-6-7-19(13)2;/h3-4,6-7,9H,5,8H2,1-2H3;/q-1;+1. The Morgan fingerprint density at radius 3 is 2.52 bits per heavy atom. The van der Waals surface area contributed by atoms with Gasteiger partial charge in [-0.2, -0.15) is 0 Å². The van der Waals surface area contributed by atoms with E-state index in [2.05, 4.69) is 4.98 Å².